The van der Waals surface area contributed by atoms with Gasteiger partial charge in [0, 0.05) is 17.2 Å². The summed E-state index contributed by atoms with van der Waals surface area (Å²) in [5, 5.41) is 3.44. The third kappa shape index (κ3) is 3.58. The van der Waals surface area contributed by atoms with E-state index in [1.807, 2.05) is 0 Å². The predicted octanol–water partition coefficient (Wildman–Crippen LogP) is 3.93. The van der Waals surface area contributed by atoms with Crippen LogP contribution in [0.4, 0.5) is 5.00 Å². The van der Waals surface area contributed by atoms with Crippen LogP contribution in [0.25, 0.3) is 0 Å². The fourth-order valence-electron chi connectivity index (χ4n) is 2.68. The third-order valence-corrected chi connectivity index (χ3v) is 4.98. The average molecular weight is 330 g/mol. The van der Waals surface area contributed by atoms with Gasteiger partial charge in [-0.25, -0.2) is 4.79 Å². The Hall–Kier alpha value is -1.07. The highest BCUT2D eigenvalue weighted by molar-refractivity contribution is 7.17. The van der Waals surface area contributed by atoms with Gasteiger partial charge in [-0.05, 0) is 37.7 Å². The van der Waals surface area contributed by atoms with E-state index in [-0.39, 0.29) is 24.2 Å². The molecule has 0 aliphatic heterocycles. The zero-order valence-corrected chi connectivity index (χ0v) is 13.9. The number of hydrogen-bond acceptors (Lipinski definition) is 4. The molecule has 1 amide bonds. The van der Waals surface area contributed by atoms with E-state index in [4.69, 9.17) is 16.3 Å². The van der Waals surface area contributed by atoms with Crippen molar-refractivity contribution in [1.82, 2.24) is 0 Å². The Morgan fingerprint density at radius 1 is 1.48 bits per heavy atom. The molecule has 0 saturated heterocycles. The van der Waals surface area contributed by atoms with Crippen LogP contribution in [0.15, 0.2) is 0 Å². The quantitative estimate of drug-likeness (QED) is 0.657. The van der Waals surface area contributed by atoms with Crippen LogP contribution in [0.3, 0.4) is 0 Å². The van der Waals surface area contributed by atoms with Crippen molar-refractivity contribution in [2.24, 2.45) is 0 Å². The van der Waals surface area contributed by atoms with E-state index in [9.17, 15) is 9.59 Å². The van der Waals surface area contributed by atoms with Crippen LogP contribution < -0.4 is 5.32 Å². The summed E-state index contributed by atoms with van der Waals surface area (Å²) in [6.45, 7) is 4.23. The smallest absolute Gasteiger partial charge is 0.341 e. The highest BCUT2D eigenvalue weighted by Crippen LogP contribution is 2.43. The van der Waals surface area contributed by atoms with Gasteiger partial charge in [0.15, 0.2) is 0 Å². The second kappa shape index (κ2) is 7.27. The fourth-order valence-corrected chi connectivity index (χ4v) is 4.22. The summed E-state index contributed by atoms with van der Waals surface area (Å²) in [5.41, 5.74) is 1.61. The van der Waals surface area contributed by atoms with Gasteiger partial charge in [0.2, 0.25) is 5.91 Å². The molecule has 1 unspecified atom stereocenters. The van der Waals surface area contributed by atoms with Crippen LogP contribution in [0.1, 0.15) is 59.8 Å². The number of halogens is 1. The number of ether oxygens (including phenoxy) is 1. The number of rotatable bonds is 5. The number of aryl methyl sites for hydroxylation is 1. The molecule has 1 aromatic rings. The van der Waals surface area contributed by atoms with Gasteiger partial charge >= 0.3 is 5.97 Å². The molecule has 116 valence electrons. The SMILES string of the molecule is CCOC(=O)c1c(NC(=O)CCCl)sc2c1C(C)CCC2. The fraction of sp³-hybridized carbons (Fsp3) is 0.600. The van der Waals surface area contributed by atoms with Crippen LogP contribution >= 0.6 is 22.9 Å². The molecule has 0 spiro atoms. The summed E-state index contributed by atoms with van der Waals surface area (Å²) < 4.78 is 5.17. The number of amides is 1. The third-order valence-electron chi connectivity index (χ3n) is 3.61. The van der Waals surface area contributed by atoms with Crippen molar-refractivity contribution in [3.8, 4) is 0 Å². The minimum atomic E-state index is -0.343. The first-order valence-corrected chi connectivity index (χ1v) is 8.62. The lowest BCUT2D eigenvalue weighted by Gasteiger charge is -2.19. The van der Waals surface area contributed by atoms with E-state index in [2.05, 4.69) is 12.2 Å². The first-order chi connectivity index (χ1) is 10.1. The van der Waals surface area contributed by atoms with E-state index in [0.29, 0.717) is 23.1 Å². The van der Waals surface area contributed by atoms with Crippen molar-refractivity contribution in [1.29, 1.82) is 0 Å². The van der Waals surface area contributed by atoms with Gasteiger partial charge in [-0.15, -0.1) is 22.9 Å². The number of alkyl halides is 1. The first kappa shape index (κ1) is 16.3. The normalized spacial score (nSPS) is 17.2. The maximum Gasteiger partial charge on any atom is 0.341 e. The first-order valence-electron chi connectivity index (χ1n) is 7.27. The molecule has 0 fully saturated rings. The summed E-state index contributed by atoms with van der Waals surface area (Å²) in [6, 6.07) is 0. The molecule has 1 aromatic heterocycles. The number of anilines is 1. The topological polar surface area (TPSA) is 55.4 Å². The monoisotopic (exact) mass is 329 g/mol. The lowest BCUT2D eigenvalue weighted by molar-refractivity contribution is -0.115. The molecule has 0 saturated carbocycles. The number of fused-ring (bicyclic) bond motifs is 1. The second-order valence-electron chi connectivity index (χ2n) is 5.14. The van der Waals surface area contributed by atoms with Crippen LogP contribution in [0.5, 0.6) is 0 Å². The van der Waals surface area contributed by atoms with Crippen molar-refractivity contribution in [3.63, 3.8) is 0 Å². The second-order valence-corrected chi connectivity index (χ2v) is 6.63. The molecule has 2 rings (SSSR count). The molecule has 1 aliphatic carbocycles. The van der Waals surface area contributed by atoms with Crippen molar-refractivity contribution in [2.45, 2.75) is 45.4 Å². The number of esters is 1. The lowest BCUT2D eigenvalue weighted by Crippen LogP contribution is -2.16. The predicted molar refractivity (Wildman–Crippen MR) is 85.6 cm³/mol. The van der Waals surface area contributed by atoms with Crippen molar-refractivity contribution in [2.75, 3.05) is 17.8 Å². The minimum absolute atomic E-state index is 0.165. The van der Waals surface area contributed by atoms with Gasteiger partial charge in [0.25, 0.3) is 0 Å². The Balaban J connectivity index is 2.39. The Labute approximate surface area is 133 Å². The molecule has 21 heavy (non-hydrogen) atoms. The largest absolute Gasteiger partial charge is 0.462 e. The van der Waals surface area contributed by atoms with Gasteiger partial charge in [0.1, 0.15) is 5.00 Å². The lowest BCUT2D eigenvalue weighted by atomic mass is 9.86. The zero-order valence-electron chi connectivity index (χ0n) is 12.3. The van der Waals surface area contributed by atoms with Gasteiger partial charge in [0.05, 0.1) is 12.2 Å². The van der Waals surface area contributed by atoms with Gasteiger partial charge in [-0.2, -0.15) is 0 Å². The molecule has 1 aliphatic rings. The number of thiophene rings is 1. The summed E-state index contributed by atoms with van der Waals surface area (Å²) in [5.74, 6) is 0.0806. The van der Waals surface area contributed by atoms with Gasteiger partial charge in [-0.3, -0.25) is 4.79 Å². The number of hydrogen-bond donors (Lipinski definition) is 1. The Kier molecular flexibility index (Phi) is 5.65. The molecule has 0 aromatic carbocycles. The molecule has 1 N–H and O–H groups in total. The zero-order chi connectivity index (χ0) is 15.4. The van der Waals surface area contributed by atoms with Crippen molar-refractivity contribution >= 4 is 39.8 Å². The van der Waals surface area contributed by atoms with E-state index in [1.54, 1.807) is 6.92 Å². The molecule has 6 heteroatoms. The van der Waals surface area contributed by atoms with Crippen LogP contribution in [-0.2, 0) is 16.0 Å². The molecule has 4 nitrogen and oxygen atoms in total. The van der Waals surface area contributed by atoms with Crippen LogP contribution in [0.2, 0.25) is 0 Å². The summed E-state index contributed by atoms with van der Waals surface area (Å²) >= 11 is 7.09. The van der Waals surface area contributed by atoms with Crippen molar-refractivity contribution in [3.05, 3.63) is 16.0 Å². The Morgan fingerprint density at radius 3 is 2.90 bits per heavy atom. The number of carbonyl (C=O) groups excluding carboxylic acids is 2. The highest BCUT2D eigenvalue weighted by Gasteiger charge is 2.30. The molecular weight excluding hydrogens is 310 g/mol. The van der Waals surface area contributed by atoms with E-state index < -0.39 is 0 Å². The maximum atomic E-state index is 12.3. The Bertz CT molecular complexity index is 541. The Morgan fingerprint density at radius 2 is 2.24 bits per heavy atom. The molecule has 1 heterocycles. The van der Waals surface area contributed by atoms with Gasteiger partial charge < -0.3 is 10.1 Å². The van der Waals surface area contributed by atoms with Crippen LogP contribution in [0, 0.1) is 0 Å². The van der Waals surface area contributed by atoms with E-state index in [1.165, 1.54) is 16.2 Å². The molecule has 1 atom stereocenters. The molecule has 0 radical (unpaired) electrons. The number of nitrogens with one attached hydrogen (secondary N) is 1. The van der Waals surface area contributed by atoms with E-state index >= 15 is 0 Å². The van der Waals surface area contributed by atoms with E-state index in [0.717, 1.165) is 24.8 Å². The maximum absolute atomic E-state index is 12.3. The summed E-state index contributed by atoms with van der Waals surface area (Å²) in [6.07, 6.45) is 3.38. The molecule has 0 bridgehead atoms. The highest BCUT2D eigenvalue weighted by atomic mass is 35.5. The molecular formula is C15H20ClNO3S. The average Bonchev–Trinajstić information content (AvgIpc) is 2.78. The minimum Gasteiger partial charge on any atom is -0.462 e. The van der Waals surface area contributed by atoms with Crippen molar-refractivity contribution < 1.29 is 14.3 Å². The standard InChI is InChI=1S/C15H20ClNO3S/c1-3-20-15(19)13-12-9(2)5-4-6-10(12)21-14(13)17-11(18)7-8-16/h9H,3-8H2,1-2H3,(H,17,18). The van der Waals surface area contributed by atoms with Gasteiger partial charge in [-0.1, -0.05) is 6.92 Å². The summed E-state index contributed by atoms with van der Waals surface area (Å²) in [4.78, 5) is 25.3. The summed E-state index contributed by atoms with van der Waals surface area (Å²) in [7, 11) is 0. The number of carbonyl (C=O) groups is 2. The van der Waals surface area contributed by atoms with Crippen LogP contribution in [-0.4, -0.2) is 24.4 Å².